The number of carbonyl (C=O) groups is 2. The van der Waals surface area contributed by atoms with Gasteiger partial charge in [-0.1, -0.05) is 0 Å². The molecular weight excluding hydrogens is 314 g/mol. The molecule has 0 radical (unpaired) electrons. The number of rotatable bonds is 3. The lowest BCUT2D eigenvalue weighted by Gasteiger charge is -2.29. The third-order valence-corrected chi connectivity index (χ3v) is 4.89. The molecule has 8 heteroatoms. The van der Waals surface area contributed by atoms with Crippen LogP contribution in [0.1, 0.15) is 27.7 Å². The van der Waals surface area contributed by atoms with E-state index >= 15 is 0 Å². The third-order valence-electron chi connectivity index (χ3n) is 4.89. The number of likely N-dealkylation sites (N-methyl/N-ethyl adjacent to an activating group) is 3. The lowest BCUT2D eigenvalue weighted by atomic mass is 10.2. The molecule has 2 aliphatic rings. The summed E-state index contributed by atoms with van der Waals surface area (Å²) in [6, 6.07) is -0.315. The van der Waals surface area contributed by atoms with Gasteiger partial charge in [-0.05, 0) is 41.8 Å². The Morgan fingerprint density at radius 2 is 1.62 bits per heavy atom. The van der Waals surface area contributed by atoms with Gasteiger partial charge in [-0.2, -0.15) is 0 Å². The summed E-state index contributed by atoms with van der Waals surface area (Å²) in [5.74, 6) is -0.0828. The van der Waals surface area contributed by atoms with E-state index < -0.39 is 0 Å². The number of amides is 1. The Kier molecular flexibility index (Phi) is 6.89. The molecule has 0 aliphatic carbocycles. The zero-order valence-electron chi connectivity index (χ0n) is 16.0. The van der Waals surface area contributed by atoms with Gasteiger partial charge in [-0.3, -0.25) is 19.4 Å². The molecule has 2 fully saturated rings. The quantitative estimate of drug-likeness (QED) is 0.539. The van der Waals surface area contributed by atoms with E-state index in [-0.39, 0.29) is 29.4 Å². The predicted octanol–water partition coefficient (Wildman–Crippen LogP) is 0.325. The molecule has 1 amide bonds. The first-order valence-corrected chi connectivity index (χ1v) is 7.98. The summed E-state index contributed by atoms with van der Waals surface area (Å²) in [5, 5.41) is 1.23. The minimum Gasteiger partial charge on any atom is -0.359 e. The van der Waals surface area contributed by atoms with Crippen molar-refractivity contribution in [2.45, 2.75) is 51.2 Å². The predicted molar refractivity (Wildman–Crippen MR) is 89.0 cm³/mol. The lowest BCUT2D eigenvalue weighted by Crippen LogP contribution is -2.48. The van der Waals surface area contributed by atoms with Crippen molar-refractivity contribution in [3.63, 3.8) is 0 Å². The van der Waals surface area contributed by atoms with Crippen molar-refractivity contribution >= 4 is 12.2 Å². The molecular formula is C16H31N3O5. The van der Waals surface area contributed by atoms with Gasteiger partial charge in [0.1, 0.15) is 23.8 Å². The fourth-order valence-electron chi connectivity index (χ4n) is 2.44. The molecule has 0 aromatic carbocycles. The number of nitrogens with zero attached hydrogens (tertiary/aromatic N) is 3. The van der Waals surface area contributed by atoms with Gasteiger partial charge in [-0.25, -0.2) is 5.06 Å². The molecule has 24 heavy (non-hydrogen) atoms. The lowest BCUT2D eigenvalue weighted by molar-refractivity contribution is -0.173. The molecule has 2 atom stereocenters. The first-order chi connectivity index (χ1) is 11.0. The van der Waals surface area contributed by atoms with Crippen LogP contribution in [0.3, 0.4) is 0 Å². The Morgan fingerprint density at radius 1 is 1.12 bits per heavy atom. The van der Waals surface area contributed by atoms with Gasteiger partial charge < -0.3 is 14.3 Å². The minimum absolute atomic E-state index is 0.0602. The minimum atomic E-state index is -0.380. The number of ether oxygens (including phenoxy) is 2. The highest BCUT2D eigenvalue weighted by atomic mass is 16.7. The normalized spacial score (nSPS) is 29.0. The van der Waals surface area contributed by atoms with Crippen molar-refractivity contribution < 1.29 is 23.9 Å². The Balaban J connectivity index is 0.000000254. The molecule has 8 nitrogen and oxygen atoms in total. The number of hydroxylamine groups is 2. The topological polar surface area (TPSA) is 71.5 Å². The molecule has 2 rings (SSSR count). The first kappa shape index (κ1) is 21.0. The van der Waals surface area contributed by atoms with Crippen LogP contribution in [0.4, 0.5) is 0 Å². The zero-order chi connectivity index (χ0) is 18.7. The molecule has 2 heterocycles. The van der Waals surface area contributed by atoms with Crippen LogP contribution in [0.25, 0.3) is 0 Å². The van der Waals surface area contributed by atoms with E-state index in [1.54, 1.807) is 7.05 Å². The second kappa shape index (κ2) is 7.88. The van der Waals surface area contributed by atoms with Crippen molar-refractivity contribution in [1.29, 1.82) is 0 Å². The van der Waals surface area contributed by atoms with E-state index in [2.05, 4.69) is 0 Å². The van der Waals surface area contributed by atoms with Gasteiger partial charge in [0.25, 0.3) is 5.91 Å². The van der Waals surface area contributed by atoms with Crippen molar-refractivity contribution in [2.75, 3.05) is 41.5 Å². The first-order valence-electron chi connectivity index (χ1n) is 7.98. The van der Waals surface area contributed by atoms with Crippen LogP contribution in [-0.4, -0.2) is 92.1 Å². The zero-order valence-corrected chi connectivity index (χ0v) is 16.0. The van der Waals surface area contributed by atoms with Crippen LogP contribution < -0.4 is 0 Å². The van der Waals surface area contributed by atoms with E-state index in [4.69, 9.17) is 14.3 Å². The van der Waals surface area contributed by atoms with Crippen LogP contribution >= 0.6 is 0 Å². The van der Waals surface area contributed by atoms with Gasteiger partial charge in [0.2, 0.25) is 0 Å². The maximum Gasteiger partial charge on any atom is 0.265 e. The average molecular weight is 345 g/mol. The second-order valence-corrected chi connectivity index (χ2v) is 6.97. The molecule has 0 aromatic rings. The van der Waals surface area contributed by atoms with Crippen LogP contribution in [0, 0.1) is 0 Å². The molecule has 0 aromatic heterocycles. The van der Waals surface area contributed by atoms with Crippen molar-refractivity contribution in [1.82, 2.24) is 14.9 Å². The van der Waals surface area contributed by atoms with E-state index in [1.165, 1.54) is 12.2 Å². The fraction of sp³-hybridized carbons (Fsp3) is 0.875. The maximum atomic E-state index is 11.8. The standard InChI is InChI=1S/C9H18N2O3.C7H13NO2/c1-9(2)10(3)7(6-14-9)8(12)11(4)13-5;1-7(2)8(3)6(4-9)5-10-7/h7H,6H2,1-5H3;4,6H,5H2,1-3H3. The number of carbonyl (C=O) groups excluding carboxylic acids is 2. The second-order valence-electron chi connectivity index (χ2n) is 6.97. The van der Waals surface area contributed by atoms with Gasteiger partial charge >= 0.3 is 0 Å². The number of hydrogen-bond acceptors (Lipinski definition) is 7. The SMILES string of the molecule is CN1C(C=O)COC1(C)C.CON(C)C(=O)C1COC(C)(C)N1C. The Bertz CT molecular complexity index is 455. The van der Waals surface area contributed by atoms with E-state index in [9.17, 15) is 9.59 Å². The van der Waals surface area contributed by atoms with Crippen LogP contribution in [-0.2, 0) is 23.9 Å². The van der Waals surface area contributed by atoms with Crippen LogP contribution in [0.2, 0.25) is 0 Å². The summed E-state index contributed by atoms with van der Waals surface area (Å²) in [7, 11) is 6.84. The summed E-state index contributed by atoms with van der Waals surface area (Å²) >= 11 is 0. The fourth-order valence-corrected chi connectivity index (χ4v) is 2.44. The summed E-state index contributed by atoms with van der Waals surface area (Å²) in [5.41, 5.74) is -0.652. The molecule has 2 saturated heterocycles. The summed E-state index contributed by atoms with van der Waals surface area (Å²) < 4.78 is 10.9. The monoisotopic (exact) mass is 345 g/mol. The Hall–Kier alpha value is -1.06. The summed E-state index contributed by atoms with van der Waals surface area (Å²) in [4.78, 5) is 30.8. The summed E-state index contributed by atoms with van der Waals surface area (Å²) in [6.45, 7) is 8.72. The van der Waals surface area contributed by atoms with Gasteiger partial charge in [-0.15, -0.1) is 0 Å². The molecule has 2 aliphatic heterocycles. The number of hydrogen-bond donors (Lipinski definition) is 0. The highest BCUT2D eigenvalue weighted by Crippen LogP contribution is 2.25. The van der Waals surface area contributed by atoms with E-state index in [1.807, 2.05) is 51.6 Å². The average Bonchev–Trinajstić information content (AvgIpc) is 2.95. The molecule has 0 N–H and O–H groups in total. The highest BCUT2D eigenvalue weighted by Gasteiger charge is 2.42. The molecule has 140 valence electrons. The molecule has 0 bridgehead atoms. The molecule has 0 spiro atoms. The van der Waals surface area contributed by atoms with Crippen molar-refractivity contribution in [3.05, 3.63) is 0 Å². The van der Waals surface area contributed by atoms with E-state index in [0.717, 1.165) is 6.29 Å². The van der Waals surface area contributed by atoms with Crippen molar-refractivity contribution in [2.24, 2.45) is 0 Å². The van der Waals surface area contributed by atoms with Gasteiger partial charge in [0, 0.05) is 7.05 Å². The highest BCUT2D eigenvalue weighted by molar-refractivity contribution is 5.81. The largest absolute Gasteiger partial charge is 0.359 e. The maximum absolute atomic E-state index is 11.8. The molecule has 0 saturated carbocycles. The Morgan fingerprint density at radius 3 is 1.92 bits per heavy atom. The van der Waals surface area contributed by atoms with Gasteiger partial charge in [0.15, 0.2) is 0 Å². The molecule has 2 unspecified atom stereocenters. The summed E-state index contributed by atoms with van der Waals surface area (Å²) in [6.07, 6.45) is 0.925. The van der Waals surface area contributed by atoms with Gasteiger partial charge in [0.05, 0.1) is 26.4 Å². The number of aldehydes is 1. The Labute approximate surface area is 144 Å². The third kappa shape index (κ3) is 4.52. The van der Waals surface area contributed by atoms with Crippen LogP contribution in [0.5, 0.6) is 0 Å². The van der Waals surface area contributed by atoms with E-state index in [0.29, 0.717) is 13.2 Å². The van der Waals surface area contributed by atoms with Crippen molar-refractivity contribution in [3.8, 4) is 0 Å². The van der Waals surface area contributed by atoms with Crippen LogP contribution in [0.15, 0.2) is 0 Å². The smallest absolute Gasteiger partial charge is 0.265 e.